The van der Waals surface area contributed by atoms with Crippen molar-refractivity contribution in [3.05, 3.63) is 33.9 Å². The van der Waals surface area contributed by atoms with Gasteiger partial charge in [-0.3, -0.25) is 19.7 Å². The van der Waals surface area contributed by atoms with E-state index in [-0.39, 0.29) is 5.69 Å². The molecule has 98 valence electrons. The van der Waals surface area contributed by atoms with E-state index in [2.05, 4.69) is 0 Å². The summed E-state index contributed by atoms with van der Waals surface area (Å²) in [6, 6.07) is 4.49. The molecule has 6 heteroatoms. The number of amides is 1. The number of nitrogens with zero attached hydrogens (tertiary/aromatic N) is 2. The largest absolute Gasteiger partial charge is 0.276 e. The fourth-order valence-electron chi connectivity index (χ4n) is 1.36. The van der Waals surface area contributed by atoms with Crippen LogP contribution in [0.15, 0.2) is 18.2 Å². The summed E-state index contributed by atoms with van der Waals surface area (Å²) in [6.45, 7) is 6.99. The van der Waals surface area contributed by atoms with Crippen LogP contribution in [-0.4, -0.2) is 16.9 Å². The molecule has 0 heterocycles. The molecule has 0 atom stereocenters. The number of anilines is 1. The lowest BCUT2D eigenvalue weighted by Gasteiger charge is -2.26. The Morgan fingerprint density at radius 2 is 2.00 bits per heavy atom. The van der Waals surface area contributed by atoms with Gasteiger partial charge in [0.1, 0.15) is 0 Å². The van der Waals surface area contributed by atoms with Crippen molar-refractivity contribution in [3.8, 4) is 0 Å². The van der Waals surface area contributed by atoms with Crippen LogP contribution in [0.2, 0.25) is 0 Å². The first-order valence-electron chi connectivity index (χ1n) is 5.43. The van der Waals surface area contributed by atoms with E-state index in [1.165, 1.54) is 6.07 Å². The van der Waals surface area contributed by atoms with Gasteiger partial charge in [-0.2, -0.15) is 5.06 Å². The lowest BCUT2D eigenvalue weighted by atomic mass is 10.2. The topological polar surface area (TPSA) is 72.7 Å². The molecule has 0 aliphatic rings. The summed E-state index contributed by atoms with van der Waals surface area (Å²) < 4.78 is 0. The first-order chi connectivity index (χ1) is 8.24. The number of carbonyl (C=O) groups excluding carboxylic acids is 1. The van der Waals surface area contributed by atoms with Gasteiger partial charge in [0.05, 0.1) is 16.2 Å². The SMILES string of the molecule is Cc1ccc(N(C=O)OC(C)(C)C)cc1[N+](=O)[O-]. The van der Waals surface area contributed by atoms with E-state index in [1.807, 2.05) is 0 Å². The lowest BCUT2D eigenvalue weighted by Crippen LogP contribution is -2.33. The van der Waals surface area contributed by atoms with Crippen molar-refractivity contribution < 1.29 is 14.6 Å². The lowest BCUT2D eigenvalue weighted by molar-refractivity contribution is -0.385. The number of carbonyl (C=O) groups is 1. The second-order valence-corrected chi connectivity index (χ2v) is 4.86. The van der Waals surface area contributed by atoms with Gasteiger partial charge in [-0.05, 0) is 33.8 Å². The Hall–Kier alpha value is -1.95. The summed E-state index contributed by atoms with van der Waals surface area (Å²) in [6.07, 6.45) is 0.486. The van der Waals surface area contributed by atoms with Crippen molar-refractivity contribution >= 4 is 17.8 Å². The number of nitro benzene ring substituents is 1. The second kappa shape index (κ2) is 5.14. The first kappa shape index (κ1) is 14.1. The minimum Gasteiger partial charge on any atom is -0.276 e. The van der Waals surface area contributed by atoms with Crippen molar-refractivity contribution in [3.63, 3.8) is 0 Å². The van der Waals surface area contributed by atoms with E-state index >= 15 is 0 Å². The van der Waals surface area contributed by atoms with Crippen LogP contribution in [0.25, 0.3) is 0 Å². The van der Waals surface area contributed by atoms with Crippen molar-refractivity contribution in [2.75, 3.05) is 5.06 Å². The second-order valence-electron chi connectivity index (χ2n) is 4.86. The third kappa shape index (κ3) is 3.53. The molecule has 0 radical (unpaired) electrons. The fraction of sp³-hybridized carbons (Fsp3) is 0.417. The Bertz CT molecular complexity index is 466. The molecule has 1 aromatic rings. The highest BCUT2D eigenvalue weighted by Gasteiger charge is 2.20. The van der Waals surface area contributed by atoms with Crippen molar-refractivity contribution in [2.45, 2.75) is 33.3 Å². The molecule has 0 saturated carbocycles. The average Bonchev–Trinajstić information content (AvgIpc) is 2.25. The monoisotopic (exact) mass is 252 g/mol. The van der Waals surface area contributed by atoms with E-state index in [4.69, 9.17) is 4.84 Å². The van der Waals surface area contributed by atoms with Gasteiger partial charge in [-0.25, -0.2) is 0 Å². The Morgan fingerprint density at radius 3 is 2.44 bits per heavy atom. The van der Waals surface area contributed by atoms with Crippen LogP contribution in [0.1, 0.15) is 26.3 Å². The standard InChI is InChI=1S/C12H16N2O4/c1-9-5-6-10(7-11(9)14(16)17)13(8-15)18-12(2,3)4/h5-8H,1-4H3. The molecular formula is C12H16N2O4. The molecular weight excluding hydrogens is 236 g/mol. The van der Waals surface area contributed by atoms with Gasteiger partial charge < -0.3 is 0 Å². The normalized spacial score (nSPS) is 11.1. The van der Waals surface area contributed by atoms with Crippen LogP contribution in [0.5, 0.6) is 0 Å². The molecule has 1 aromatic carbocycles. The summed E-state index contributed by atoms with van der Waals surface area (Å²) in [4.78, 5) is 26.7. The molecule has 1 amide bonds. The summed E-state index contributed by atoms with van der Waals surface area (Å²) >= 11 is 0. The minimum atomic E-state index is -0.569. The molecule has 0 spiro atoms. The predicted octanol–water partition coefficient (Wildman–Crippen LogP) is 2.60. The molecule has 0 unspecified atom stereocenters. The van der Waals surface area contributed by atoms with E-state index in [0.717, 1.165) is 5.06 Å². The number of aryl methyl sites for hydroxylation is 1. The van der Waals surface area contributed by atoms with Crippen molar-refractivity contribution in [1.29, 1.82) is 0 Å². The molecule has 18 heavy (non-hydrogen) atoms. The van der Waals surface area contributed by atoms with Gasteiger partial charge in [0.25, 0.3) is 5.69 Å². The van der Waals surface area contributed by atoms with Crippen LogP contribution in [0.3, 0.4) is 0 Å². The Morgan fingerprint density at radius 1 is 1.39 bits per heavy atom. The van der Waals surface area contributed by atoms with Crippen LogP contribution >= 0.6 is 0 Å². The van der Waals surface area contributed by atoms with Gasteiger partial charge in [0, 0.05) is 11.6 Å². The number of hydrogen-bond donors (Lipinski definition) is 0. The zero-order valence-corrected chi connectivity index (χ0v) is 10.8. The maximum atomic E-state index is 11.0. The van der Waals surface area contributed by atoms with E-state index < -0.39 is 10.5 Å². The maximum Gasteiger partial charge on any atom is 0.274 e. The number of rotatable bonds is 4. The van der Waals surface area contributed by atoms with Gasteiger partial charge in [-0.1, -0.05) is 6.07 Å². The quantitative estimate of drug-likeness (QED) is 0.469. The Balaban J connectivity index is 3.11. The van der Waals surface area contributed by atoms with Gasteiger partial charge in [0.2, 0.25) is 6.41 Å². The number of hydroxylamine groups is 1. The van der Waals surface area contributed by atoms with Crippen LogP contribution in [0, 0.1) is 17.0 Å². The molecule has 0 fully saturated rings. The predicted molar refractivity (Wildman–Crippen MR) is 67.2 cm³/mol. The Kier molecular flexibility index (Phi) is 4.03. The number of benzene rings is 1. The van der Waals surface area contributed by atoms with Gasteiger partial charge >= 0.3 is 0 Å². The molecule has 6 nitrogen and oxygen atoms in total. The summed E-state index contributed by atoms with van der Waals surface area (Å²) in [5.74, 6) is 0. The van der Waals surface area contributed by atoms with Gasteiger partial charge in [-0.15, -0.1) is 0 Å². The van der Waals surface area contributed by atoms with Crippen molar-refractivity contribution in [1.82, 2.24) is 0 Å². The molecule has 0 aliphatic heterocycles. The van der Waals surface area contributed by atoms with E-state index in [0.29, 0.717) is 17.7 Å². The average molecular weight is 252 g/mol. The number of hydrogen-bond acceptors (Lipinski definition) is 4. The maximum absolute atomic E-state index is 11.0. The highest BCUT2D eigenvalue weighted by atomic mass is 16.7. The number of nitro groups is 1. The third-order valence-corrected chi connectivity index (χ3v) is 2.11. The zero-order chi connectivity index (χ0) is 13.9. The van der Waals surface area contributed by atoms with Crippen molar-refractivity contribution in [2.24, 2.45) is 0 Å². The first-order valence-corrected chi connectivity index (χ1v) is 5.43. The summed E-state index contributed by atoms with van der Waals surface area (Å²) in [5.41, 5.74) is 0.250. The summed E-state index contributed by atoms with van der Waals surface area (Å²) in [5, 5.41) is 11.8. The van der Waals surface area contributed by atoms with Crippen LogP contribution in [0.4, 0.5) is 11.4 Å². The molecule has 0 N–H and O–H groups in total. The van der Waals surface area contributed by atoms with E-state index in [1.54, 1.807) is 39.8 Å². The highest BCUT2D eigenvalue weighted by Crippen LogP contribution is 2.26. The third-order valence-electron chi connectivity index (χ3n) is 2.11. The summed E-state index contributed by atoms with van der Waals surface area (Å²) in [7, 11) is 0. The molecule has 0 bridgehead atoms. The molecule has 0 aromatic heterocycles. The van der Waals surface area contributed by atoms with Crippen LogP contribution < -0.4 is 5.06 Å². The molecule has 1 rings (SSSR count). The Labute approximate surface area is 105 Å². The minimum absolute atomic E-state index is 0.0446. The highest BCUT2D eigenvalue weighted by molar-refractivity contribution is 5.74. The van der Waals surface area contributed by atoms with Gasteiger partial charge in [0.15, 0.2) is 0 Å². The van der Waals surface area contributed by atoms with E-state index in [9.17, 15) is 14.9 Å². The molecule has 0 aliphatic carbocycles. The zero-order valence-electron chi connectivity index (χ0n) is 10.8. The fourth-order valence-corrected chi connectivity index (χ4v) is 1.36. The van der Waals surface area contributed by atoms with Crippen LogP contribution in [-0.2, 0) is 9.63 Å². The smallest absolute Gasteiger partial charge is 0.274 e. The molecule has 0 saturated heterocycles.